The number of hydrogen-bond donors (Lipinski definition) is 4. The van der Waals surface area contributed by atoms with E-state index in [0.29, 0.717) is 12.5 Å². The maximum Gasteiger partial charge on any atom is 0.417 e. The number of rotatable bonds is 7. The first-order chi connectivity index (χ1) is 12.2. The van der Waals surface area contributed by atoms with Crippen LogP contribution in [-0.4, -0.2) is 42.4 Å². The Morgan fingerprint density at radius 1 is 1.31 bits per heavy atom. The van der Waals surface area contributed by atoms with Gasteiger partial charge in [-0.1, -0.05) is 6.92 Å². The highest BCUT2D eigenvalue weighted by molar-refractivity contribution is 6.06. The van der Waals surface area contributed by atoms with Crippen LogP contribution in [0.15, 0.2) is 6.07 Å². The molecule has 0 saturated carbocycles. The summed E-state index contributed by atoms with van der Waals surface area (Å²) >= 11 is 0. The van der Waals surface area contributed by atoms with Crippen LogP contribution in [0.25, 0.3) is 0 Å². The number of phenolic OH excluding ortho intramolecular Hbond substituents is 1. The molecular formula is C16H21F3N2O5. The second kappa shape index (κ2) is 9.27. The number of carbonyl (C=O) groups is 2. The molecule has 3 amide bonds. The third-order valence-electron chi connectivity index (χ3n) is 3.47. The van der Waals surface area contributed by atoms with Crippen LogP contribution >= 0.6 is 0 Å². The van der Waals surface area contributed by atoms with Gasteiger partial charge in [0.15, 0.2) is 11.5 Å². The second-order valence-electron chi connectivity index (χ2n) is 5.36. The summed E-state index contributed by atoms with van der Waals surface area (Å²) in [6.07, 6.45) is -4.58. The summed E-state index contributed by atoms with van der Waals surface area (Å²) in [6, 6.07) is -0.454. The number of ether oxygens (including phenoxy) is 1. The topological polar surface area (TPSA) is 108 Å². The van der Waals surface area contributed by atoms with Gasteiger partial charge in [-0.2, -0.15) is 13.2 Å². The minimum atomic E-state index is -4.93. The van der Waals surface area contributed by atoms with Crippen molar-refractivity contribution in [2.45, 2.75) is 32.4 Å². The molecule has 0 unspecified atom stereocenters. The molecule has 0 aliphatic carbocycles. The predicted molar refractivity (Wildman–Crippen MR) is 86.2 cm³/mol. The third-order valence-corrected chi connectivity index (χ3v) is 3.47. The number of nitrogens with one attached hydrogen (secondary N) is 2. The van der Waals surface area contributed by atoms with Crippen molar-refractivity contribution in [1.82, 2.24) is 10.6 Å². The zero-order valence-corrected chi connectivity index (χ0v) is 14.4. The first kappa shape index (κ1) is 21.6. The Hall–Kier alpha value is -2.49. The number of hydrogen-bond acceptors (Lipinski definition) is 5. The van der Waals surface area contributed by atoms with Crippen LogP contribution in [0.3, 0.4) is 0 Å². The van der Waals surface area contributed by atoms with Gasteiger partial charge in [-0.25, -0.2) is 4.79 Å². The number of methoxy groups -OCH3 is 1. The molecule has 10 heteroatoms. The van der Waals surface area contributed by atoms with Gasteiger partial charge >= 0.3 is 12.2 Å². The summed E-state index contributed by atoms with van der Waals surface area (Å²) in [5.74, 6) is -2.41. The van der Waals surface area contributed by atoms with Crippen molar-refractivity contribution in [2.75, 3.05) is 20.3 Å². The summed E-state index contributed by atoms with van der Waals surface area (Å²) in [4.78, 5) is 24.0. The van der Waals surface area contributed by atoms with Crippen LogP contribution in [0.2, 0.25) is 0 Å². The van der Waals surface area contributed by atoms with Crippen molar-refractivity contribution in [3.63, 3.8) is 0 Å². The van der Waals surface area contributed by atoms with Crippen LogP contribution in [0.4, 0.5) is 18.0 Å². The first-order valence-electron chi connectivity index (χ1n) is 7.87. The molecule has 146 valence electrons. The maximum absolute atomic E-state index is 13.4. The van der Waals surface area contributed by atoms with E-state index in [1.165, 1.54) is 0 Å². The monoisotopic (exact) mass is 378 g/mol. The molecule has 0 aliphatic heterocycles. The smallest absolute Gasteiger partial charge is 0.417 e. The Balaban J connectivity index is 3.46. The molecule has 0 fully saturated rings. The number of alkyl halides is 3. The summed E-state index contributed by atoms with van der Waals surface area (Å²) in [5, 5.41) is 23.2. The molecule has 0 aliphatic rings. The van der Waals surface area contributed by atoms with E-state index < -0.39 is 40.7 Å². The fraction of sp³-hybridized carbons (Fsp3) is 0.500. The van der Waals surface area contributed by atoms with E-state index in [-0.39, 0.29) is 31.6 Å². The van der Waals surface area contributed by atoms with Crippen molar-refractivity contribution >= 4 is 11.9 Å². The van der Waals surface area contributed by atoms with E-state index in [1.54, 1.807) is 6.92 Å². The average Bonchev–Trinajstić information content (AvgIpc) is 2.57. The SMILES string of the molecule is CCCNC(=O)NC(=O)c1c(C(F)(F)F)cc(OC)c(O)c1CCCO. The van der Waals surface area contributed by atoms with Gasteiger partial charge in [-0.15, -0.1) is 0 Å². The molecule has 1 rings (SSSR count). The van der Waals surface area contributed by atoms with Crippen molar-refractivity contribution in [3.05, 3.63) is 22.8 Å². The highest BCUT2D eigenvalue weighted by Crippen LogP contribution is 2.42. The van der Waals surface area contributed by atoms with Crippen LogP contribution < -0.4 is 15.4 Å². The molecule has 0 radical (unpaired) electrons. The fourth-order valence-electron chi connectivity index (χ4n) is 2.29. The molecule has 0 heterocycles. The zero-order valence-electron chi connectivity index (χ0n) is 14.4. The molecule has 0 bridgehead atoms. The first-order valence-corrected chi connectivity index (χ1v) is 7.87. The van der Waals surface area contributed by atoms with Crippen molar-refractivity contribution in [2.24, 2.45) is 0 Å². The Morgan fingerprint density at radius 3 is 2.46 bits per heavy atom. The quantitative estimate of drug-likeness (QED) is 0.582. The number of urea groups is 1. The zero-order chi connectivity index (χ0) is 19.9. The number of phenols is 1. The Morgan fingerprint density at radius 2 is 1.96 bits per heavy atom. The van der Waals surface area contributed by atoms with Crippen LogP contribution in [0.5, 0.6) is 11.5 Å². The molecule has 7 nitrogen and oxygen atoms in total. The lowest BCUT2D eigenvalue weighted by molar-refractivity contribution is -0.138. The van der Waals surface area contributed by atoms with Gasteiger partial charge in [0.2, 0.25) is 0 Å². The van der Waals surface area contributed by atoms with Gasteiger partial charge < -0.3 is 20.3 Å². The summed E-state index contributed by atoms with van der Waals surface area (Å²) in [7, 11) is 1.07. The van der Waals surface area contributed by atoms with Gasteiger partial charge in [0.1, 0.15) is 0 Å². The minimum absolute atomic E-state index is 0.000333. The van der Waals surface area contributed by atoms with E-state index in [9.17, 15) is 27.9 Å². The third kappa shape index (κ3) is 5.25. The van der Waals surface area contributed by atoms with E-state index in [0.717, 1.165) is 7.11 Å². The van der Waals surface area contributed by atoms with Crippen molar-refractivity contribution in [1.29, 1.82) is 0 Å². The Bertz CT molecular complexity index is 662. The summed E-state index contributed by atoms with van der Waals surface area (Å²) < 4.78 is 45.0. The number of benzene rings is 1. The molecule has 0 spiro atoms. The lowest BCUT2D eigenvalue weighted by Gasteiger charge is -2.19. The molecule has 4 N–H and O–H groups in total. The molecule has 1 aromatic rings. The van der Waals surface area contributed by atoms with Crippen molar-refractivity contribution in [3.8, 4) is 11.5 Å². The van der Waals surface area contributed by atoms with Gasteiger partial charge in [-0.3, -0.25) is 10.1 Å². The van der Waals surface area contributed by atoms with E-state index in [1.807, 2.05) is 5.32 Å². The van der Waals surface area contributed by atoms with E-state index >= 15 is 0 Å². The Kier molecular flexibility index (Phi) is 7.69. The molecule has 0 atom stereocenters. The summed E-state index contributed by atoms with van der Waals surface area (Å²) in [6.45, 7) is 1.63. The number of aromatic hydroxyl groups is 1. The highest BCUT2D eigenvalue weighted by Gasteiger charge is 2.39. The number of aliphatic hydroxyl groups excluding tert-OH is 1. The van der Waals surface area contributed by atoms with Crippen LogP contribution in [0.1, 0.15) is 41.3 Å². The average molecular weight is 378 g/mol. The molecule has 26 heavy (non-hydrogen) atoms. The van der Waals surface area contributed by atoms with Gasteiger partial charge in [-0.05, 0) is 25.3 Å². The number of aliphatic hydroxyl groups is 1. The Labute approximate surface area is 148 Å². The maximum atomic E-state index is 13.4. The minimum Gasteiger partial charge on any atom is -0.504 e. The van der Waals surface area contributed by atoms with E-state index in [2.05, 4.69) is 5.32 Å². The second-order valence-corrected chi connectivity index (χ2v) is 5.36. The van der Waals surface area contributed by atoms with E-state index in [4.69, 9.17) is 9.84 Å². The number of halogens is 3. The molecule has 0 aromatic heterocycles. The molecule has 0 saturated heterocycles. The normalized spacial score (nSPS) is 11.2. The number of amides is 3. The number of imide groups is 1. The van der Waals surface area contributed by atoms with Crippen LogP contribution in [-0.2, 0) is 12.6 Å². The largest absolute Gasteiger partial charge is 0.504 e. The standard InChI is InChI=1S/C16H21F3N2O5/c1-3-6-20-15(25)21-14(24)12-9(5-4-7-22)13(23)11(26-2)8-10(12)16(17,18)19/h8,22-23H,3-7H2,1-2H3,(H2,20,21,24,25). The van der Waals surface area contributed by atoms with Gasteiger partial charge in [0.05, 0.1) is 18.2 Å². The lowest BCUT2D eigenvalue weighted by Crippen LogP contribution is -2.40. The van der Waals surface area contributed by atoms with Crippen molar-refractivity contribution < 1.29 is 37.7 Å². The highest BCUT2D eigenvalue weighted by atomic mass is 19.4. The summed E-state index contributed by atoms with van der Waals surface area (Å²) in [5.41, 5.74) is -2.58. The predicted octanol–water partition coefficient (Wildman–Crippen LogP) is 2.19. The lowest BCUT2D eigenvalue weighted by atomic mass is 9.94. The fourth-order valence-corrected chi connectivity index (χ4v) is 2.29. The molecular weight excluding hydrogens is 357 g/mol. The van der Waals surface area contributed by atoms with Crippen LogP contribution in [0, 0.1) is 0 Å². The number of carbonyl (C=O) groups excluding carboxylic acids is 2. The van der Waals surface area contributed by atoms with Gasteiger partial charge in [0, 0.05) is 18.7 Å². The van der Waals surface area contributed by atoms with Gasteiger partial charge in [0.25, 0.3) is 5.91 Å². The molecule has 1 aromatic carbocycles.